The van der Waals surface area contributed by atoms with Crippen molar-refractivity contribution in [3.05, 3.63) is 64.8 Å². The number of ether oxygens (including phenoxy) is 1. The summed E-state index contributed by atoms with van der Waals surface area (Å²) in [7, 11) is 0. The van der Waals surface area contributed by atoms with Gasteiger partial charge in [-0.05, 0) is 49.2 Å². The van der Waals surface area contributed by atoms with Crippen molar-refractivity contribution < 1.29 is 13.9 Å². The minimum atomic E-state index is -0.776. The van der Waals surface area contributed by atoms with Crippen molar-refractivity contribution in [1.82, 2.24) is 0 Å². The Morgan fingerprint density at radius 1 is 1.03 bits per heavy atom. The Balaban J connectivity index is 0.00000320. The maximum Gasteiger partial charge on any atom is 0.328 e. The van der Waals surface area contributed by atoms with Gasteiger partial charge in [0.1, 0.15) is 23.1 Å². The molecule has 0 radical (unpaired) electrons. The molecule has 0 fully saturated rings. The van der Waals surface area contributed by atoms with Gasteiger partial charge in [0.05, 0.1) is 5.39 Å². The summed E-state index contributed by atoms with van der Waals surface area (Å²) < 4.78 is 11.1. The van der Waals surface area contributed by atoms with Gasteiger partial charge < -0.3 is 26.4 Å². The fraction of sp³-hybridized carbons (Fsp3) is 0.190. The van der Waals surface area contributed by atoms with Crippen LogP contribution in [0.2, 0.25) is 0 Å². The molecule has 0 aliphatic rings. The zero-order chi connectivity index (χ0) is 20.8. The summed E-state index contributed by atoms with van der Waals surface area (Å²) in [6.45, 7) is 0.398. The first-order valence-electron chi connectivity index (χ1n) is 9.10. The monoisotopic (exact) mass is 502 g/mol. The van der Waals surface area contributed by atoms with Gasteiger partial charge in [0.15, 0.2) is 11.4 Å². The Morgan fingerprint density at radius 3 is 2.34 bits per heavy atom. The van der Waals surface area contributed by atoms with Crippen LogP contribution < -0.4 is 27.4 Å². The molecule has 32 heavy (non-hydrogen) atoms. The summed E-state index contributed by atoms with van der Waals surface area (Å²) in [6, 6.07) is 14.4. The summed E-state index contributed by atoms with van der Waals surface area (Å²) in [4.78, 5) is 28.2. The number of guanidine groups is 1. The zero-order valence-corrected chi connectivity index (χ0v) is 19.4. The third-order valence-corrected chi connectivity index (χ3v) is 4.26. The quantitative estimate of drug-likeness (QED) is 0.148. The number of hydrogen-bond donors (Lipinski definition) is 3. The minimum Gasteiger partial charge on any atom is -0.456 e. The Kier molecular flexibility index (Phi) is 12.4. The fourth-order valence-electron chi connectivity index (χ4n) is 2.76. The SMILES string of the molecule is Cl.Cl.Cl.NC(N)=NCCCC(N)C(=O)Oc1ccc(-c2cc(=O)c3ccccc3o2)cc1. The average Bonchev–Trinajstić information content (AvgIpc) is 2.71. The minimum absolute atomic E-state index is 0. The van der Waals surface area contributed by atoms with Crippen LogP contribution in [0.25, 0.3) is 22.3 Å². The normalized spacial score (nSPS) is 10.7. The number of benzene rings is 2. The number of hydrogen-bond acceptors (Lipinski definition) is 6. The van der Waals surface area contributed by atoms with Crippen molar-refractivity contribution >= 4 is 60.1 Å². The Morgan fingerprint density at radius 2 is 1.69 bits per heavy atom. The number of nitrogens with two attached hydrogens (primary N) is 3. The first-order chi connectivity index (χ1) is 13.9. The van der Waals surface area contributed by atoms with Gasteiger partial charge in [-0.2, -0.15) is 0 Å². The second-order valence-electron chi connectivity index (χ2n) is 6.47. The van der Waals surface area contributed by atoms with Crippen molar-refractivity contribution in [2.24, 2.45) is 22.2 Å². The van der Waals surface area contributed by atoms with Gasteiger partial charge in [-0.15, -0.1) is 37.2 Å². The number of carbonyl (C=O) groups excluding carboxylic acids is 1. The number of fused-ring (bicyclic) bond motifs is 1. The standard InChI is InChI=1S/C21H22N4O4.3ClH/c22-16(5-3-11-25-21(23)24)20(27)28-14-9-7-13(8-10-14)19-12-17(26)15-4-1-2-6-18(15)29-19;;;/h1-2,4,6-10,12,16H,3,5,11,22H2,(H4,23,24,25);3*1H. The Bertz CT molecular complexity index is 1100. The highest BCUT2D eigenvalue weighted by Gasteiger charge is 2.16. The molecule has 2 aromatic carbocycles. The van der Waals surface area contributed by atoms with Crippen LogP contribution in [0.4, 0.5) is 0 Å². The molecule has 0 aliphatic heterocycles. The van der Waals surface area contributed by atoms with Crippen molar-refractivity contribution in [2.75, 3.05) is 6.54 Å². The average molecular weight is 504 g/mol. The molecule has 1 atom stereocenters. The summed E-state index contributed by atoms with van der Waals surface area (Å²) >= 11 is 0. The molecule has 8 nitrogen and oxygen atoms in total. The molecule has 11 heteroatoms. The predicted octanol–water partition coefficient (Wildman–Crippen LogP) is 3.01. The van der Waals surface area contributed by atoms with Crippen LogP contribution in [0.5, 0.6) is 5.75 Å². The summed E-state index contributed by atoms with van der Waals surface area (Å²) in [6.07, 6.45) is 0.962. The highest BCUT2D eigenvalue weighted by atomic mass is 35.5. The second-order valence-corrected chi connectivity index (χ2v) is 6.47. The number of para-hydroxylation sites is 1. The third kappa shape index (κ3) is 7.72. The van der Waals surface area contributed by atoms with Crippen molar-refractivity contribution in [2.45, 2.75) is 18.9 Å². The van der Waals surface area contributed by atoms with Crippen LogP contribution in [-0.4, -0.2) is 24.5 Å². The number of halogens is 3. The van der Waals surface area contributed by atoms with Crippen LogP contribution in [0.3, 0.4) is 0 Å². The van der Waals surface area contributed by atoms with Gasteiger partial charge in [-0.1, -0.05) is 12.1 Å². The number of esters is 1. The number of carbonyl (C=O) groups is 1. The van der Waals surface area contributed by atoms with E-state index in [1.165, 1.54) is 6.07 Å². The van der Waals surface area contributed by atoms with Crippen LogP contribution >= 0.6 is 37.2 Å². The third-order valence-electron chi connectivity index (χ3n) is 4.26. The van der Waals surface area contributed by atoms with Gasteiger partial charge in [-0.3, -0.25) is 9.79 Å². The Hall–Kier alpha value is -2.78. The summed E-state index contributed by atoms with van der Waals surface area (Å²) in [5.74, 6) is 0.243. The van der Waals surface area contributed by atoms with Gasteiger partial charge in [-0.25, -0.2) is 4.79 Å². The van der Waals surface area contributed by atoms with Gasteiger partial charge in [0.2, 0.25) is 0 Å². The molecule has 0 amide bonds. The molecule has 1 heterocycles. The molecule has 0 saturated carbocycles. The predicted molar refractivity (Wildman–Crippen MR) is 133 cm³/mol. The van der Waals surface area contributed by atoms with E-state index < -0.39 is 12.0 Å². The molecule has 1 unspecified atom stereocenters. The first-order valence-corrected chi connectivity index (χ1v) is 9.10. The maximum absolute atomic E-state index is 12.2. The van der Waals surface area contributed by atoms with E-state index >= 15 is 0 Å². The molecule has 0 spiro atoms. The topological polar surface area (TPSA) is 147 Å². The Labute approximate surface area is 203 Å². The van der Waals surface area contributed by atoms with Crippen LogP contribution in [0, 0.1) is 0 Å². The summed E-state index contributed by atoms with van der Waals surface area (Å²) in [5.41, 5.74) is 17.4. The molecular formula is C21H25Cl3N4O4. The van der Waals surface area contributed by atoms with Crippen LogP contribution in [0.15, 0.2) is 68.8 Å². The molecule has 3 aromatic rings. The highest BCUT2D eigenvalue weighted by molar-refractivity contribution is 5.86. The van der Waals surface area contributed by atoms with Crippen molar-refractivity contribution in [1.29, 1.82) is 0 Å². The summed E-state index contributed by atoms with van der Waals surface area (Å²) in [5, 5.41) is 0.524. The zero-order valence-electron chi connectivity index (χ0n) is 16.9. The van der Waals surface area contributed by atoms with E-state index in [0.29, 0.717) is 47.4 Å². The molecule has 0 saturated heterocycles. The van der Waals surface area contributed by atoms with Gasteiger partial charge in [0, 0.05) is 18.2 Å². The highest BCUT2D eigenvalue weighted by Crippen LogP contribution is 2.24. The lowest BCUT2D eigenvalue weighted by Crippen LogP contribution is -2.34. The van der Waals surface area contributed by atoms with E-state index in [4.69, 9.17) is 26.4 Å². The number of nitrogens with zero attached hydrogens (tertiary/aromatic N) is 1. The van der Waals surface area contributed by atoms with Crippen LogP contribution in [-0.2, 0) is 4.79 Å². The van der Waals surface area contributed by atoms with Crippen LogP contribution in [0.1, 0.15) is 12.8 Å². The fourth-order valence-corrected chi connectivity index (χ4v) is 2.76. The maximum atomic E-state index is 12.2. The van der Waals surface area contributed by atoms with E-state index in [1.807, 2.05) is 0 Å². The second kappa shape index (κ2) is 13.6. The van der Waals surface area contributed by atoms with Gasteiger partial charge >= 0.3 is 5.97 Å². The van der Waals surface area contributed by atoms with E-state index in [1.54, 1.807) is 48.5 Å². The molecule has 174 valence electrons. The smallest absolute Gasteiger partial charge is 0.328 e. The molecule has 0 aliphatic carbocycles. The molecule has 1 aromatic heterocycles. The van der Waals surface area contributed by atoms with E-state index in [0.717, 1.165) is 0 Å². The molecule has 3 rings (SSSR count). The lowest BCUT2D eigenvalue weighted by Gasteiger charge is -2.11. The first kappa shape index (κ1) is 29.2. The van der Waals surface area contributed by atoms with E-state index in [9.17, 15) is 9.59 Å². The van der Waals surface area contributed by atoms with Crippen molar-refractivity contribution in [3.8, 4) is 17.1 Å². The molecule has 6 N–H and O–H groups in total. The molecular weight excluding hydrogens is 479 g/mol. The number of rotatable bonds is 7. The lowest BCUT2D eigenvalue weighted by atomic mass is 10.1. The van der Waals surface area contributed by atoms with Crippen molar-refractivity contribution in [3.63, 3.8) is 0 Å². The van der Waals surface area contributed by atoms with E-state index in [-0.39, 0.29) is 48.6 Å². The number of aliphatic imine (C=N–C) groups is 1. The van der Waals surface area contributed by atoms with Gasteiger partial charge in [0.25, 0.3) is 0 Å². The lowest BCUT2D eigenvalue weighted by molar-refractivity contribution is -0.136. The largest absolute Gasteiger partial charge is 0.456 e. The van der Waals surface area contributed by atoms with E-state index in [2.05, 4.69) is 4.99 Å². The molecule has 0 bridgehead atoms.